The van der Waals surface area contributed by atoms with Crippen molar-refractivity contribution in [1.82, 2.24) is 35.3 Å². The van der Waals surface area contributed by atoms with Crippen molar-refractivity contribution < 1.29 is 4.79 Å². The quantitative estimate of drug-likeness (QED) is 0.654. The van der Waals surface area contributed by atoms with Crippen LogP contribution in [-0.4, -0.2) is 42.4 Å². The van der Waals surface area contributed by atoms with Crippen molar-refractivity contribution >= 4 is 5.91 Å². The Hall–Kier alpha value is -3.03. The Labute approximate surface area is 145 Å². The van der Waals surface area contributed by atoms with Crippen molar-refractivity contribution in [3.05, 3.63) is 53.6 Å². The molecule has 3 rings (SSSR count). The molecule has 0 spiro atoms. The Morgan fingerprint density at radius 2 is 2.00 bits per heavy atom. The van der Waals surface area contributed by atoms with Crippen LogP contribution in [0.15, 0.2) is 36.7 Å². The SMILES string of the molecule is Cc1cc(C)n(CCCNC(=O)Cc2ccc(-n3cnnn3)cc2)n1. The molecule has 0 fully saturated rings. The first-order chi connectivity index (χ1) is 12.1. The van der Waals surface area contributed by atoms with E-state index in [2.05, 4.69) is 32.0 Å². The topological polar surface area (TPSA) is 90.5 Å². The standard InChI is InChI=1S/C17H21N7O/c1-13-10-14(2)23(20-13)9-3-8-18-17(25)11-15-4-6-16(7-5-15)24-12-19-21-22-24/h4-7,10,12H,3,8-9,11H2,1-2H3,(H,18,25). The first kappa shape index (κ1) is 16.8. The number of hydrogen-bond donors (Lipinski definition) is 1. The third-order valence-corrected chi connectivity index (χ3v) is 3.89. The maximum atomic E-state index is 12.0. The average Bonchev–Trinajstić information content (AvgIpc) is 3.22. The Bertz CT molecular complexity index is 821. The molecule has 1 aromatic carbocycles. The van der Waals surface area contributed by atoms with Gasteiger partial charge in [-0.15, -0.1) is 5.10 Å². The van der Waals surface area contributed by atoms with Crippen LogP contribution >= 0.6 is 0 Å². The van der Waals surface area contributed by atoms with E-state index < -0.39 is 0 Å². The third kappa shape index (κ3) is 4.50. The molecule has 3 aromatic rings. The van der Waals surface area contributed by atoms with Crippen LogP contribution in [0.5, 0.6) is 0 Å². The van der Waals surface area contributed by atoms with Crippen LogP contribution in [0.25, 0.3) is 5.69 Å². The normalized spacial score (nSPS) is 10.8. The van der Waals surface area contributed by atoms with Crippen molar-refractivity contribution in [3.63, 3.8) is 0 Å². The molecule has 0 atom stereocenters. The highest BCUT2D eigenvalue weighted by Crippen LogP contribution is 2.08. The molecule has 0 unspecified atom stereocenters. The predicted octanol–water partition coefficient (Wildman–Crippen LogP) is 1.22. The summed E-state index contributed by atoms with van der Waals surface area (Å²) in [5, 5.41) is 18.4. The van der Waals surface area contributed by atoms with E-state index in [1.54, 1.807) is 4.68 Å². The Morgan fingerprint density at radius 3 is 2.64 bits per heavy atom. The van der Waals surface area contributed by atoms with Gasteiger partial charge in [-0.3, -0.25) is 9.48 Å². The Morgan fingerprint density at radius 1 is 1.20 bits per heavy atom. The van der Waals surface area contributed by atoms with Crippen LogP contribution in [-0.2, 0) is 17.8 Å². The van der Waals surface area contributed by atoms with Gasteiger partial charge in [0.15, 0.2) is 0 Å². The van der Waals surface area contributed by atoms with Gasteiger partial charge in [0.05, 0.1) is 17.8 Å². The molecule has 1 N–H and O–H groups in total. The molecule has 0 saturated carbocycles. The molecule has 8 nitrogen and oxygen atoms in total. The van der Waals surface area contributed by atoms with Crippen molar-refractivity contribution in [2.45, 2.75) is 33.2 Å². The van der Waals surface area contributed by atoms with E-state index in [-0.39, 0.29) is 5.91 Å². The van der Waals surface area contributed by atoms with Crippen LogP contribution in [0, 0.1) is 13.8 Å². The summed E-state index contributed by atoms with van der Waals surface area (Å²) in [6, 6.07) is 9.65. The molecule has 1 amide bonds. The van der Waals surface area contributed by atoms with Crippen molar-refractivity contribution in [3.8, 4) is 5.69 Å². The van der Waals surface area contributed by atoms with Gasteiger partial charge in [0, 0.05) is 18.8 Å². The van der Waals surface area contributed by atoms with E-state index in [1.165, 1.54) is 6.33 Å². The third-order valence-electron chi connectivity index (χ3n) is 3.89. The van der Waals surface area contributed by atoms with E-state index in [0.29, 0.717) is 13.0 Å². The zero-order valence-corrected chi connectivity index (χ0v) is 14.4. The van der Waals surface area contributed by atoms with E-state index in [1.807, 2.05) is 42.8 Å². The number of aromatic nitrogens is 6. The summed E-state index contributed by atoms with van der Waals surface area (Å²) in [5.41, 5.74) is 3.98. The van der Waals surface area contributed by atoms with Gasteiger partial charge in [0.25, 0.3) is 0 Å². The minimum Gasteiger partial charge on any atom is -0.356 e. The van der Waals surface area contributed by atoms with Gasteiger partial charge in [-0.25, -0.2) is 4.68 Å². The number of nitrogens with one attached hydrogen (secondary N) is 1. The average molecular weight is 339 g/mol. The number of rotatable bonds is 7. The zero-order chi connectivity index (χ0) is 17.6. The molecule has 8 heteroatoms. The fourth-order valence-corrected chi connectivity index (χ4v) is 2.65. The summed E-state index contributed by atoms with van der Waals surface area (Å²) in [5.74, 6) is 0.0172. The monoisotopic (exact) mass is 339 g/mol. The molecule has 0 radical (unpaired) electrons. The minimum absolute atomic E-state index is 0.0172. The summed E-state index contributed by atoms with van der Waals surface area (Å²) in [6.45, 7) is 5.47. The van der Waals surface area contributed by atoms with Gasteiger partial charge in [-0.1, -0.05) is 12.1 Å². The number of nitrogens with zero attached hydrogens (tertiary/aromatic N) is 6. The smallest absolute Gasteiger partial charge is 0.224 e. The summed E-state index contributed by atoms with van der Waals surface area (Å²) in [4.78, 5) is 12.0. The molecule has 0 aliphatic rings. The number of carbonyl (C=O) groups excluding carboxylic acids is 1. The van der Waals surface area contributed by atoms with Gasteiger partial charge in [0.1, 0.15) is 6.33 Å². The summed E-state index contributed by atoms with van der Waals surface area (Å²) >= 11 is 0. The summed E-state index contributed by atoms with van der Waals surface area (Å²) in [6.07, 6.45) is 2.74. The number of aryl methyl sites for hydroxylation is 3. The number of carbonyl (C=O) groups is 1. The summed E-state index contributed by atoms with van der Waals surface area (Å²) in [7, 11) is 0. The molecule has 130 valence electrons. The molecule has 0 saturated heterocycles. The van der Waals surface area contributed by atoms with Crippen molar-refractivity contribution in [1.29, 1.82) is 0 Å². The van der Waals surface area contributed by atoms with Gasteiger partial charge < -0.3 is 5.32 Å². The molecule has 0 bridgehead atoms. The number of benzene rings is 1. The molecule has 0 aliphatic carbocycles. The number of hydrogen-bond acceptors (Lipinski definition) is 5. The zero-order valence-electron chi connectivity index (χ0n) is 14.4. The fourth-order valence-electron chi connectivity index (χ4n) is 2.65. The second-order valence-corrected chi connectivity index (χ2v) is 5.95. The van der Waals surface area contributed by atoms with Crippen LogP contribution in [0.1, 0.15) is 23.4 Å². The van der Waals surface area contributed by atoms with Gasteiger partial charge in [-0.2, -0.15) is 5.10 Å². The first-order valence-electron chi connectivity index (χ1n) is 8.22. The highest BCUT2D eigenvalue weighted by molar-refractivity contribution is 5.78. The second kappa shape index (κ2) is 7.69. The molecule has 2 aromatic heterocycles. The maximum Gasteiger partial charge on any atom is 0.224 e. The van der Waals surface area contributed by atoms with E-state index in [0.717, 1.165) is 35.6 Å². The van der Waals surface area contributed by atoms with E-state index >= 15 is 0 Å². The Kier molecular flexibility index (Phi) is 5.17. The van der Waals surface area contributed by atoms with Crippen LogP contribution in [0.3, 0.4) is 0 Å². The predicted molar refractivity (Wildman–Crippen MR) is 92.2 cm³/mol. The minimum atomic E-state index is 0.0172. The fraction of sp³-hybridized carbons (Fsp3) is 0.353. The number of tetrazole rings is 1. The molecule has 2 heterocycles. The van der Waals surface area contributed by atoms with Gasteiger partial charge in [0.2, 0.25) is 5.91 Å². The lowest BCUT2D eigenvalue weighted by Crippen LogP contribution is -2.27. The van der Waals surface area contributed by atoms with Gasteiger partial charge >= 0.3 is 0 Å². The second-order valence-electron chi connectivity index (χ2n) is 5.95. The summed E-state index contributed by atoms with van der Waals surface area (Å²) < 4.78 is 3.54. The molecule has 0 aliphatic heterocycles. The van der Waals surface area contributed by atoms with Crippen LogP contribution in [0.2, 0.25) is 0 Å². The lowest BCUT2D eigenvalue weighted by Gasteiger charge is -2.07. The lowest BCUT2D eigenvalue weighted by molar-refractivity contribution is -0.120. The van der Waals surface area contributed by atoms with Crippen LogP contribution < -0.4 is 5.32 Å². The van der Waals surface area contributed by atoms with Crippen LogP contribution in [0.4, 0.5) is 0 Å². The van der Waals surface area contributed by atoms with Crippen molar-refractivity contribution in [2.24, 2.45) is 0 Å². The molecular formula is C17H21N7O. The van der Waals surface area contributed by atoms with E-state index in [4.69, 9.17) is 0 Å². The number of amides is 1. The largest absolute Gasteiger partial charge is 0.356 e. The van der Waals surface area contributed by atoms with E-state index in [9.17, 15) is 4.79 Å². The highest BCUT2D eigenvalue weighted by Gasteiger charge is 2.05. The maximum absolute atomic E-state index is 12.0. The molecule has 25 heavy (non-hydrogen) atoms. The van der Waals surface area contributed by atoms with Gasteiger partial charge in [-0.05, 0) is 54.5 Å². The lowest BCUT2D eigenvalue weighted by atomic mass is 10.1. The Balaban J connectivity index is 1.42. The molecular weight excluding hydrogens is 318 g/mol. The first-order valence-corrected chi connectivity index (χ1v) is 8.22. The van der Waals surface area contributed by atoms with Crippen molar-refractivity contribution in [2.75, 3.05) is 6.54 Å². The highest BCUT2D eigenvalue weighted by atomic mass is 16.1.